The van der Waals surface area contributed by atoms with Crippen molar-refractivity contribution < 1.29 is 9.47 Å². The number of aromatic nitrogens is 2. The third-order valence-corrected chi connectivity index (χ3v) is 4.00. The lowest BCUT2D eigenvalue weighted by atomic mass is 10.2. The summed E-state index contributed by atoms with van der Waals surface area (Å²) in [7, 11) is 0. The van der Waals surface area contributed by atoms with Gasteiger partial charge in [-0.2, -0.15) is 9.97 Å². The van der Waals surface area contributed by atoms with E-state index in [1.54, 1.807) is 0 Å². The average molecular weight is 326 g/mol. The number of rotatable bonds is 4. The molecule has 1 atom stereocenters. The lowest BCUT2D eigenvalue weighted by Gasteiger charge is -2.30. The number of hydrogen-bond donors (Lipinski definition) is 2. The van der Waals surface area contributed by atoms with E-state index in [-0.39, 0.29) is 11.5 Å². The number of anilines is 2. The minimum absolute atomic E-state index is 0.0871. The molecule has 3 heterocycles. The van der Waals surface area contributed by atoms with Crippen LogP contribution in [0.1, 0.15) is 24.8 Å². The van der Waals surface area contributed by atoms with Gasteiger partial charge in [0.05, 0.1) is 18.8 Å². The highest BCUT2D eigenvalue weighted by atomic mass is 35.5. The molecule has 7 nitrogen and oxygen atoms in total. The Labute approximate surface area is 134 Å². The number of nitrogens with zero attached hydrogens (tertiary/aromatic N) is 3. The van der Waals surface area contributed by atoms with Gasteiger partial charge in [0.25, 0.3) is 0 Å². The first-order valence-electron chi connectivity index (χ1n) is 7.57. The molecular weight excluding hydrogens is 306 g/mol. The summed E-state index contributed by atoms with van der Waals surface area (Å²) in [6.45, 7) is 3.49. The molecule has 0 radical (unpaired) electrons. The summed E-state index contributed by atoms with van der Waals surface area (Å²) >= 11 is 6.08. The zero-order valence-corrected chi connectivity index (χ0v) is 13.1. The van der Waals surface area contributed by atoms with Gasteiger partial charge < -0.3 is 25.1 Å². The predicted octanol–water partition coefficient (Wildman–Crippen LogP) is 1.90. The maximum Gasteiger partial charge on any atom is 0.226 e. The second-order valence-electron chi connectivity index (χ2n) is 5.32. The Hall–Kier alpha value is -1.44. The first-order valence-corrected chi connectivity index (χ1v) is 7.94. The third-order valence-electron chi connectivity index (χ3n) is 3.83. The van der Waals surface area contributed by atoms with Crippen molar-refractivity contribution >= 4 is 29.5 Å². The standard InChI is InChI=1S/C14H20ClN5O2/c15-14-18-12(17-11-3-1-2-6-22-11)10(9-16)13(19-14)20-4-7-21-8-5-20/h9,11,16H,1-8H2,(H,17,18,19). The van der Waals surface area contributed by atoms with Gasteiger partial charge in [0.15, 0.2) is 0 Å². The van der Waals surface area contributed by atoms with E-state index in [9.17, 15) is 0 Å². The second kappa shape index (κ2) is 7.21. The molecule has 0 saturated carbocycles. The summed E-state index contributed by atoms with van der Waals surface area (Å²) in [4.78, 5) is 10.6. The average Bonchev–Trinajstić information content (AvgIpc) is 2.56. The Bertz CT molecular complexity index is 530. The van der Waals surface area contributed by atoms with Crippen molar-refractivity contribution in [3.8, 4) is 0 Å². The van der Waals surface area contributed by atoms with Crippen LogP contribution in [0, 0.1) is 5.41 Å². The maximum absolute atomic E-state index is 7.74. The van der Waals surface area contributed by atoms with Crippen molar-refractivity contribution in [2.24, 2.45) is 0 Å². The van der Waals surface area contributed by atoms with Crippen LogP contribution < -0.4 is 10.2 Å². The largest absolute Gasteiger partial charge is 0.378 e. The normalized spacial score (nSPS) is 22.4. The Morgan fingerprint density at radius 3 is 2.73 bits per heavy atom. The van der Waals surface area contributed by atoms with Crippen LogP contribution in [0.15, 0.2) is 0 Å². The van der Waals surface area contributed by atoms with Crippen LogP contribution in [0.4, 0.5) is 11.6 Å². The molecule has 2 aliphatic rings. The molecule has 2 aliphatic heterocycles. The van der Waals surface area contributed by atoms with Crippen LogP contribution >= 0.6 is 11.6 Å². The van der Waals surface area contributed by atoms with Crippen molar-refractivity contribution in [3.63, 3.8) is 0 Å². The molecule has 22 heavy (non-hydrogen) atoms. The van der Waals surface area contributed by atoms with Crippen molar-refractivity contribution in [1.82, 2.24) is 9.97 Å². The van der Waals surface area contributed by atoms with E-state index in [1.807, 2.05) is 0 Å². The number of nitrogens with one attached hydrogen (secondary N) is 2. The monoisotopic (exact) mass is 325 g/mol. The van der Waals surface area contributed by atoms with Gasteiger partial charge in [-0.25, -0.2) is 0 Å². The Balaban J connectivity index is 1.87. The van der Waals surface area contributed by atoms with Crippen molar-refractivity contribution in [1.29, 1.82) is 5.41 Å². The molecule has 0 spiro atoms. The zero-order chi connectivity index (χ0) is 15.4. The fraction of sp³-hybridized carbons (Fsp3) is 0.643. The highest BCUT2D eigenvalue weighted by Crippen LogP contribution is 2.27. The van der Waals surface area contributed by atoms with Gasteiger partial charge >= 0.3 is 0 Å². The summed E-state index contributed by atoms with van der Waals surface area (Å²) in [6, 6.07) is 0. The summed E-state index contributed by atoms with van der Waals surface area (Å²) in [6.07, 6.45) is 4.31. The molecule has 0 aliphatic carbocycles. The highest BCUT2D eigenvalue weighted by Gasteiger charge is 2.22. The topological polar surface area (TPSA) is 83.4 Å². The fourth-order valence-corrected chi connectivity index (χ4v) is 2.86. The summed E-state index contributed by atoms with van der Waals surface area (Å²) in [5.74, 6) is 1.24. The number of morpholine rings is 1. The number of halogens is 1. The molecule has 2 saturated heterocycles. The molecule has 0 amide bonds. The van der Waals surface area contributed by atoms with Crippen molar-refractivity contribution in [2.75, 3.05) is 43.1 Å². The van der Waals surface area contributed by atoms with Crippen molar-refractivity contribution in [2.45, 2.75) is 25.5 Å². The molecule has 3 rings (SSSR count). The smallest absolute Gasteiger partial charge is 0.226 e. The van der Waals surface area contributed by atoms with Crippen LogP contribution in [-0.4, -0.2) is 55.3 Å². The molecule has 2 N–H and O–H groups in total. The van der Waals surface area contributed by atoms with E-state index in [4.69, 9.17) is 26.5 Å². The van der Waals surface area contributed by atoms with Gasteiger partial charge in [-0.1, -0.05) is 0 Å². The lowest BCUT2D eigenvalue weighted by Crippen LogP contribution is -2.38. The molecule has 8 heteroatoms. The van der Waals surface area contributed by atoms with Crippen LogP contribution in [0.3, 0.4) is 0 Å². The third kappa shape index (κ3) is 3.48. The Kier molecular flexibility index (Phi) is 5.07. The Morgan fingerprint density at radius 2 is 2.05 bits per heavy atom. The molecular formula is C14H20ClN5O2. The SMILES string of the molecule is N=Cc1c(NC2CCCCO2)nc(Cl)nc1N1CCOCC1. The van der Waals surface area contributed by atoms with Gasteiger partial charge in [-0.3, -0.25) is 0 Å². The van der Waals surface area contributed by atoms with E-state index in [0.29, 0.717) is 30.4 Å². The molecule has 1 unspecified atom stereocenters. The molecule has 0 bridgehead atoms. The predicted molar refractivity (Wildman–Crippen MR) is 85.2 cm³/mol. The van der Waals surface area contributed by atoms with Crippen molar-refractivity contribution in [3.05, 3.63) is 10.8 Å². The fourth-order valence-electron chi connectivity index (χ4n) is 2.70. The molecule has 1 aromatic heterocycles. The van der Waals surface area contributed by atoms with Crippen LogP contribution in [0.25, 0.3) is 0 Å². The maximum atomic E-state index is 7.74. The minimum atomic E-state index is -0.0871. The van der Waals surface area contributed by atoms with Gasteiger partial charge in [-0.15, -0.1) is 0 Å². The molecule has 0 aromatic carbocycles. The van der Waals surface area contributed by atoms with E-state index in [1.165, 1.54) is 6.21 Å². The first kappa shape index (κ1) is 15.5. The molecule has 120 valence electrons. The highest BCUT2D eigenvalue weighted by molar-refractivity contribution is 6.28. The number of hydrogen-bond acceptors (Lipinski definition) is 7. The minimum Gasteiger partial charge on any atom is -0.378 e. The van der Waals surface area contributed by atoms with E-state index in [2.05, 4.69) is 20.2 Å². The van der Waals surface area contributed by atoms with Crippen LogP contribution in [0.2, 0.25) is 5.28 Å². The number of ether oxygens (including phenoxy) is 2. The van der Waals surface area contributed by atoms with Crippen LogP contribution in [0.5, 0.6) is 0 Å². The summed E-state index contributed by atoms with van der Waals surface area (Å²) < 4.78 is 11.0. The molecule has 2 fully saturated rings. The van der Waals surface area contributed by atoms with Gasteiger partial charge in [0.2, 0.25) is 5.28 Å². The summed E-state index contributed by atoms with van der Waals surface area (Å²) in [5, 5.41) is 11.2. The van der Waals surface area contributed by atoms with E-state index in [0.717, 1.165) is 39.0 Å². The summed E-state index contributed by atoms with van der Waals surface area (Å²) in [5.41, 5.74) is 0.639. The Morgan fingerprint density at radius 1 is 1.23 bits per heavy atom. The van der Waals surface area contributed by atoms with E-state index < -0.39 is 0 Å². The van der Waals surface area contributed by atoms with Gasteiger partial charge in [-0.05, 0) is 30.9 Å². The zero-order valence-electron chi connectivity index (χ0n) is 12.3. The van der Waals surface area contributed by atoms with Crippen LogP contribution in [-0.2, 0) is 9.47 Å². The lowest BCUT2D eigenvalue weighted by molar-refractivity contribution is 0.0341. The quantitative estimate of drug-likeness (QED) is 0.650. The first-order chi connectivity index (χ1) is 10.8. The second-order valence-corrected chi connectivity index (χ2v) is 5.66. The van der Waals surface area contributed by atoms with E-state index >= 15 is 0 Å². The molecule has 1 aromatic rings. The van der Waals surface area contributed by atoms with Gasteiger partial charge in [0, 0.05) is 25.9 Å². The van der Waals surface area contributed by atoms with Gasteiger partial charge in [0.1, 0.15) is 17.9 Å².